The molecule has 3 aliphatic heterocycles. The number of carbonyl (C=O) groups excluding carboxylic acids is 1. The summed E-state index contributed by atoms with van der Waals surface area (Å²) in [7, 11) is 1.90. The summed E-state index contributed by atoms with van der Waals surface area (Å²) in [4.78, 5) is 15.4. The number of amides is 1. The molecule has 7 heteroatoms. The third kappa shape index (κ3) is 2.88. The number of rotatable bonds is 3. The van der Waals surface area contributed by atoms with Gasteiger partial charge in [-0.3, -0.25) is 9.48 Å². The van der Waals surface area contributed by atoms with Crippen LogP contribution in [-0.4, -0.2) is 50.4 Å². The molecule has 6 rings (SSSR count). The smallest absolute Gasteiger partial charge is 0.231 e. The molecule has 3 aromatic rings. The first-order valence-corrected chi connectivity index (χ1v) is 9.42. The number of aryl methyl sites for hydroxylation is 1. The fourth-order valence-corrected chi connectivity index (χ4v) is 4.27. The van der Waals surface area contributed by atoms with E-state index in [0.717, 1.165) is 60.9 Å². The van der Waals surface area contributed by atoms with Crippen LogP contribution in [0.15, 0.2) is 36.7 Å². The summed E-state index contributed by atoms with van der Waals surface area (Å²) in [5.74, 6) is 0.622. The van der Waals surface area contributed by atoms with Gasteiger partial charge in [-0.05, 0) is 62.7 Å². The second kappa shape index (κ2) is 6.13. The third-order valence-corrected chi connectivity index (χ3v) is 6.07. The van der Waals surface area contributed by atoms with E-state index in [-0.39, 0.29) is 11.3 Å². The summed E-state index contributed by atoms with van der Waals surface area (Å²) in [6.07, 6.45) is 6.63. The standard InChI is InChI=1S/C20H22N6O/c1-25-13-16(12-21-25)14-2-3-17-15(10-14)11-18(24-23-17)22-19(27)20-4-7-26(8-5-20)9-6-20/h2-3,10-13H,4-9H2,1H3,(H,22,24,27). The predicted molar refractivity (Wildman–Crippen MR) is 103 cm³/mol. The zero-order valence-corrected chi connectivity index (χ0v) is 15.4. The second-order valence-electron chi connectivity index (χ2n) is 7.73. The zero-order chi connectivity index (χ0) is 18.4. The van der Waals surface area contributed by atoms with Crippen molar-refractivity contribution in [2.24, 2.45) is 12.5 Å². The summed E-state index contributed by atoms with van der Waals surface area (Å²) < 4.78 is 1.78. The topological polar surface area (TPSA) is 75.9 Å². The molecule has 0 radical (unpaired) electrons. The van der Waals surface area contributed by atoms with Crippen molar-refractivity contribution in [1.82, 2.24) is 24.9 Å². The van der Waals surface area contributed by atoms with Crippen molar-refractivity contribution in [2.75, 3.05) is 25.0 Å². The van der Waals surface area contributed by atoms with Crippen molar-refractivity contribution in [3.05, 3.63) is 36.7 Å². The van der Waals surface area contributed by atoms with Gasteiger partial charge in [0.25, 0.3) is 0 Å². The third-order valence-electron chi connectivity index (χ3n) is 6.07. The average molecular weight is 362 g/mol. The zero-order valence-electron chi connectivity index (χ0n) is 15.4. The van der Waals surface area contributed by atoms with Crippen LogP contribution >= 0.6 is 0 Å². The molecule has 1 amide bonds. The van der Waals surface area contributed by atoms with Crippen LogP contribution in [0.4, 0.5) is 5.82 Å². The number of hydrogen-bond donors (Lipinski definition) is 1. The Morgan fingerprint density at radius 1 is 1.07 bits per heavy atom. The number of nitrogens with zero attached hydrogens (tertiary/aromatic N) is 5. The van der Waals surface area contributed by atoms with Gasteiger partial charge in [-0.1, -0.05) is 6.07 Å². The number of aromatic nitrogens is 4. The van der Waals surface area contributed by atoms with E-state index in [2.05, 4.69) is 31.6 Å². The molecule has 3 saturated heterocycles. The fraction of sp³-hybridized carbons (Fsp3) is 0.400. The summed E-state index contributed by atoms with van der Waals surface area (Å²) in [5, 5.41) is 16.7. The maximum absolute atomic E-state index is 13.0. The summed E-state index contributed by atoms with van der Waals surface area (Å²) >= 11 is 0. The first-order chi connectivity index (χ1) is 13.1. The largest absolute Gasteiger partial charge is 0.309 e. The van der Waals surface area contributed by atoms with Crippen LogP contribution in [0.1, 0.15) is 19.3 Å². The van der Waals surface area contributed by atoms with Crippen LogP contribution in [0.2, 0.25) is 0 Å². The lowest BCUT2D eigenvalue weighted by atomic mass is 9.71. The molecule has 0 aliphatic carbocycles. The van der Waals surface area contributed by atoms with Crippen molar-refractivity contribution >= 4 is 22.6 Å². The molecule has 138 valence electrons. The summed E-state index contributed by atoms with van der Waals surface area (Å²) in [6.45, 7) is 3.06. The Morgan fingerprint density at radius 2 is 1.85 bits per heavy atom. The highest BCUT2D eigenvalue weighted by atomic mass is 16.2. The molecule has 7 nitrogen and oxygen atoms in total. The highest BCUT2D eigenvalue weighted by Crippen LogP contribution is 2.40. The van der Waals surface area contributed by atoms with Crippen LogP contribution in [-0.2, 0) is 11.8 Å². The lowest BCUT2D eigenvalue weighted by Crippen LogP contribution is -2.53. The van der Waals surface area contributed by atoms with Crippen molar-refractivity contribution < 1.29 is 4.79 Å². The van der Waals surface area contributed by atoms with Gasteiger partial charge in [0, 0.05) is 24.2 Å². The Hall–Kier alpha value is -2.80. The highest BCUT2D eigenvalue weighted by molar-refractivity contribution is 5.96. The van der Waals surface area contributed by atoms with Gasteiger partial charge in [-0.25, -0.2) is 0 Å². The molecule has 0 unspecified atom stereocenters. The Labute approximate surface area is 157 Å². The molecular weight excluding hydrogens is 340 g/mol. The lowest BCUT2D eigenvalue weighted by Gasteiger charge is -2.46. The van der Waals surface area contributed by atoms with E-state index in [0.29, 0.717) is 5.82 Å². The molecule has 3 aliphatic rings. The van der Waals surface area contributed by atoms with E-state index < -0.39 is 0 Å². The van der Waals surface area contributed by atoms with Gasteiger partial charge >= 0.3 is 0 Å². The van der Waals surface area contributed by atoms with Gasteiger partial charge in [0.2, 0.25) is 5.91 Å². The maximum Gasteiger partial charge on any atom is 0.231 e. The number of hydrogen-bond acceptors (Lipinski definition) is 5. The van der Waals surface area contributed by atoms with Crippen LogP contribution in [0.5, 0.6) is 0 Å². The predicted octanol–water partition coefficient (Wildman–Crippen LogP) is 2.45. The molecule has 0 saturated carbocycles. The normalized spacial score (nSPS) is 24.3. The lowest BCUT2D eigenvalue weighted by molar-refractivity contribution is -0.132. The monoisotopic (exact) mass is 362 g/mol. The molecule has 27 heavy (non-hydrogen) atoms. The first kappa shape index (κ1) is 16.4. The minimum atomic E-state index is -0.233. The molecule has 2 bridgehead atoms. The van der Waals surface area contributed by atoms with E-state index >= 15 is 0 Å². The van der Waals surface area contributed by atoms with Gasteiger partial charge in [0.05, 0.1) is 17.1 Å². The molecule has 1 aromatic carbocycles. The van der Waals surface area contributed by atoms with Crippen molar-refractivity contribution in [3.8, 4) is 11.1 Å². The number of benzene rings is 1. The van der Waals surface area contributed by atoms with E-state index in [1.807, 2.05) is 37.6 Å². The highest BCUT2D eigenvalue weighted by Gasteiger charge is 2.45. The van der Waals surface area contributed by atoms with Crippen LogP contribution in [0.25, 0.3) is 22.0 Å². The number of piperidine rings is 3. The minimum absolute atomic E-state index is 0.0962. The van der Waals surface area contributed by atoms with Crippen LogP contribution < -0.4 is 5.32 Å². The molecular formula is C20H22N6O. The Kier molecular flexibility index (Phi) is 3.72. The molecule has 5 heterocycles. The maximum atomic E-state index is 13.0. The Balaban J connectivity index is 1.42. The molecule has 1 N–H and O–H groups in total. The van der Waals surface area contributed by atoms with Gasteiger partial charge < -0.3 is 10.2 Å². The van der Waals surface area contributed by atoms with Crippen LogP contribution in [0, 0.1) is 5.41 Å². The van der Waals surface area contributed by atoms with Gasteiger partial charge in [0.15, 0.2) is 5.82 Å². The van der Waals surface area contributed by atoms with E-state index in [1.54, 1.807) is 4.68 Å². The quantitative estimate of drug-likeness (QED) is 0.775. The first-order valence-electron chi connectivity index (χ1n) is 9.42. The second-order valence-corrected chi connectivity index (χ2v) is 7.73. The molecule has 3 fully saturated rings. The van der Waals surface area contributed by atoms with Crippen LogP contribution in [0.3, 0.4) is 0 Å². The van der Waals surface area contributed by atoms with E-state index in [9.17, 15) is 4.79 Å². The van der Waals surface area contributed by atoms with Gasteiger partial charge in [-0.2, -0.15) is 5.10 Å². The Bertz CT molecular complexity index is 1000. The van der Waals surface area contributed by atoms with Gasteiger partial charge in [0.1, 0.15) is 0 Å². The van der Waals surface area contributed by atoms with Crippen molar-refractivity contribution in [2.45, 2.75) is 19.3 Å². The fourth-order valence-electron chi connectivity index (χ4n) is 4.27. The van der Waals surface area contributed by atoms with Crippen molar-refractivity contribution in [3.63, 3.8) is 0 Å². The molecule has 2 aromatic heterocycles. The van der Waals surface area contributed by atoms with E-state index in [4.69, 9.17) is 0 Å². The number of fused-ring (bicyclic) bond motifs is 4. The number of nitrogens with one attached hydrogen (secondary N) is 1. The average Bonchev–Trinajstić information content (AvgIpc) is 3.15. The molecule has 0 atom stereocenters. The summed E-state index contributed by atoms with van der Waals surface area (Å²) in [6, 6.07) is 7.94. The summed E-state index contributed by atoms with van der Waals surface area (Å²) in [5.41, 5.74) is 2.70. The number of anilines is 1. The SMILES string of the molecule is Cn1cc(-c2ccc3nnc(NC(=O)C45CCN(CC4)CC5)cc3c2)cn1. The van der Waals surface area contributed by atoms with Crippen molar-refractivity contribution in [1.29, 1.82) is 0 Å². The number of carbonyl (C=O) groups is 1. The minimum Gasteiger partial charge on any atom is -0.309 e. The van der Waals surface area contributed by atoms with Gasteiger partial charge in [-0.15, -0.1) is 10.2 Å². The molecule has 0 spiro atoms. The van der Waals surface area contributed by atoms with E-state index in [1.165, 1.54) is 0 Å². The Morgan fingerprint density at radius 3 is 2.56 bits per heavy atom.